The monoisotopic (exact) mass is 281 g/mol. The van der Waals surface area contributed by atoms with Crippen LogP contribution in [0.15, 0.2) is 24.3 Å². The van der Waals surface area contributed by atoms with Gasteiger partial charge < -0.3 is 4.90 Å². The molecule has 0 heterocycles. The van der Waals surface area contributed by atoms with Crippen molar-refractivity contribution in [1.82, 2.24) is 0 Å². The molecule has 2 rings (SSSR count). The standard InChI is InChI=1S/C14H20BrN/c1-12-6-3-4-7-13(12)16(2)11-14(10-15)8-5-9-14/h3-4,6-7H,5,8-11H2,1-2H3. The number of rotatable bonds is 4. The molecule has 0 atom stereocenters. The minimum Gasteiger partial charge on any atom is -0.374 e. The molecule has 88 valence electrons. The molecule has 2 heteroatoms. The second-order valence-corrected chi connectivity index (χ2v) is 5.69. The first kappa shape index (κ1) is 12.0. The lowest BCUT2D eigenvalue weighted by Gasteiger charge is -2.44. The van der Waals surface area contributed by atoms with Gasteiger partial charge in [0, 0.05) is 24.6 Å². The van der Waals surface area contributed by atoms with Gasteiger partial charge in [-0.2, -0.15) is 0 Å². The summed E-state index contributed by atoms with van der Waals surface area (Å²) < 4.78 is 0. The molecular formula is C14H20BrN. The fraction of sp³-hybridized carbons (Fsp3) is 0.571. The molecular weight excluding hydrogens is 262 g/mol. The Bertz CT molecular complexity index is 352. The Morgan fingerprint density at radius 3 is 2.50 bits per heavy atom. The van der Waals surface area contributed by atoms with Crippen LogP contribution < -0.4 is 4.90 Å². The normalized spacial score (nSPS) is 17.9. The van der Waals surface area contributed by atoms with Crippen LogP contribution >= 0.6 is 15.9 Å². The number of hydrogen-bond donors (Lipinski definition) is 0. The summed E-state index contributed by atoms with van der Waals surface area (Å²) >= 11 is 3.68. The van der Waals surface area contributed by atoms with E-state index in [0.717, 1.165) is 5.33 Å². The van der Waals surface area contributed by atoms with Gasteiger partial charge in [-0.05, 0) is 36.8 Å². The first-order valence-electron chi connectivity index (χ1n) is 6.00. The molecule has 1 fully saturated rings. The van der Waals surface area contributed by atoms with Crippen LogP contribution in [0.3, 0.4) is 0 Å². The molecule has 0 bridgehead atoms. The van der Waals surface area contributed by atoms with E-state index in [0.29, 0.717) is 5.41 Å². The second kappa shape index (κ2) is 4.79. The van der Waals surface area contributed by atoms with Crippen molar-refractivity contribution in [3.63, 3.8) is 0 Å². The van der Waals surface area contributed by atoms with E-state index >= 15 is 0 Å². The highest BCUT2D eigenvalue weighted by molar-refractivity contribution is 9.09. The molecule has 0 unspecified atom stereocenters. The first-order valence-corrected chi connectivity index (χ1v) is 7.12. The predicted molar refractivity (Wildman–Crippen MR) is 74.5 cm³/mol. The number of nitrogens with zero attached hydrogens (tertiary/aromatic N) is 1. The van der Waals surface area contributed by atoms with E-state index in [9.17, 15) is 0 Å². The summed E-state index contributed by atoms with van der Waals surface area (Å²) in [4.78, 5) is 2.41. The highest BCUT2D eigenvalue weighted by Crippen LogP contribution is 2.43. The van der Waals surface area contributed by atoms with Crippen LogP contribution in [-0.4, -0.2) is 18.9 Å². The maximum atomic E-state index is 3.68. The molecule has 0 saturated heterocycles. The van der Waals surface area contributed by atoms with Crippen LogP contribution in [0.1, 0.15) is 24.8 Å². The van der Waals surface area contributed by atoms with Crippen LogP contribution in [0, 0.1) is 12.3 Å². The van der Waals surface area contributed by atoms with Crippen molar-refractivity contribution in [2.45, 2.75) is 26.2 Å². The molecule has 0 aliphatic heterocycles. The molecule has 1 nitrogen and oxygen atoms in total. The highest BCUT2D eigenvalue weighted by atomic mass is 79.9. The zero-order valence-electron chi connectivity index (χ0n) is 10.2. The largest absolute Gasteiger partial charge is 0.374 e. The first-order chi connectivity index (χ1) is 7.67. The van der Waals surface area contributed by atoms with Crippen LogP contribution in [-0.2, 0) is 0 Å². The zero-order chi connectivity index (χ0) is 11.6. The summed E-state index contributed by atoms with van der Waals surface area (Å²) in [7, 11) is 2.21. The Morgan fingerprint density at radius 2 is 2.00 bits per heavy atom. The van der Waals surface area contributed by atoms with Gasteiger partial charge in [-0.3, -0.25) is 0 Å². The summed E-state index contributed by atoms with van der Waals surface area (Å²) in [6.07, 6.45) is 4.14. The van der Waals surface area contributed by atoms with E-state index in [1.54, 1.807) is 0 Å². The Labute approximate surface area is 107 Å². The summed E-state index contributed by atoms with van der Waals surface area (Å²) in [5.41, 5.74) is 3.26. The van der Waals surface area contributed by atoms with E-state index in [2.05, 4.69) is 59.1 Å². The molecule has 16 heavy (non-hydrogen) atoms. The summed E-state index contributed by atoms with van der Waals surface area (Å²) in [5, 5.41) is 1.14. The third-order valence-corrected chi connectivity index (χ3v) is 4.99. The van der Waals surface area contributed by atoms with Gasteiger partial charge in [0.15, 0.2) is 0 Å². The Kier molecular flexibility index (Phi) is 3.58. The number of benzene rings is 1. The van der Waals surface area contributed by atoms with E-state index in [1.165, 1.54) is 37.1 Å². The van der Waals surface area contributed by atoms with E-state index in [4.69, 9.17) is 0 Å². The summed E-state index contributed by atoms with van der Waals surface area (Å²) in [6.45, 7) is 3.36. The predicted octanol–water partition coefficient (Wildman–Crippen LogP) is 4.00. The van der Waals surface area contributed by atoms with Gasteiger partial charge >= 0.3 is 0 Å². The Hall–Kier alpha value is -0.500. The van der Waals surface area contributed by atoms with Crippen molar-refractivity contribution in [3.8, 4) is 0 Å². The average molecular weight is 282 g/mol. The zero-order valence-corrected chi connectivity index (χ0v) is 11.8. The SMILES string of the molecule is Cc1ccccc1N(C)CC1(CBr)CCC1. The Balaban J connectivity index is 2.08. The van der Waals surface area contributed by atoms with Crippen molar-refractivity contribution in [3.05, 3.63) is 29.8 Å². The van der Waals surface area contributed by atoms with Gasteiger partial charge in [-0.15, -0.1) is 0 Å². The molecule has 0 spiro atoms. The molecule has 1 aliphatic carbocycles. The van der Waals surface area contributed by atoms with Crippen LogP contribution in [0.2, 0.25) is 0 Å². The van der Waals surface area contributed by atoms with E-state index in [-0.39, 0.29) is 0 Å². The topological polar surface area (TPSA) is 3.24 Å². The van der Waals surface area contributed by atoms with Crippen LogP contribution in [0.4, 0.5) is 5.69 Å². The number of halogens is 1. The van der Waals surface area contributed by atoms with E-state index in [1.807, 2.05) is 0 Å². The number of aryl methyl sites for hydroxylation is 1. The second-order valence-electron chi connectivity index (χ2n) is 5.13. The van der Waals surface area contributed by atoms with Crippen molar-refractivity contribution >= 4 is 21.6 Å². The van der Waals surface area contributed by atoms with Gasteiger partial charge in [0.1, 0.15) is 0 Å². The van der Waals surface area contributed by atoms with Crippen molar-refractivity contribution in [1.29, 1.82) is 0 Å². The van der Waals surface area contributed by atoms with Crippen LogP contribution in [0.25, 0.3) is 0 Å². The number of alkyl halides is 1. The fourth-order valence-corrected chi connectivity index (χ4v) is 3.33. The lowest BCUT2D eigenvalue weighted by atomic mass is 9.70. The number of anilines is 1. The molecule has 1 aromatic carbocycles. The minimum absolute atomic E-state index is 0.525. The lowest BCUT2D eigenvalue weighted by Crippen LogP contribution is -2.42. The maximum Gasteiger partial charge on any atom is 0.0393 e. The number of hydrogen-bond acceptors (Lipinski definition) is 1. The quantitative estimate of drug-likeness (QED) is 0.755. The summed E-state index contributed by atoms with van der Waals surface area (Å²) in [5.74, 6) is 0. The molecule has 0 aromatic heterocycles. The third-order valence-electron chi connectivity index (χ3n) is 3.80. The van der Waals surface area contributed by atoms with Crippen molar-refractivity contribution in [2.24, 2.45) is 5.41 Å². The maximum absolute atomic E-state index is 3.68. The average Bonchev–Trinajstić information content (AvgIpc) is 2.24. The van der Waals surface area contributed by atoms with Gasteiger partial charge in [-0.25, -0.2) is 0 Å². The minimum atomic E-state index is 0.525. The van der Waals surface area contributed by atoms with E-state index < -0.39 is 0 Å². The molecule has 0 amide bonds. The van der Waals surface area contributed by atoms with Gasteiger partial charge in [0.25, 0.3) is 0 Å². The molecule has 0 radical (unpaired) electrons. The highest BCUT2D eigenvalue weighted by Gasteiger charge is 2.36. The molecule has 1 aliphatic rings. The molecule has 0 N–H and O–H groups in total. The smallest absolute Gasteiger partial charge is 0.0393 e. The van der Waals surface area contributed by atoms with Crippen molar-refractivity contribution in [2.75, 3.05) is 23.8 Å². The number of para-hydroxylation sites is 1. The fourth-order valence-electron chi connectivity index (χ4n) is 2.59. The Morgan fingerprint density at radius 1 is 1.31 bits per heavy atom. The van der Waals surface area contributed by atoms with Gasteiger partial charge in [-0.1, -0.05) is 40.5 Å². The van der Waals surface area contributed by atoms with Gasteiger partial charge in [0.2, 0.25) is 0 Å². The van der Waals surface area contributed by atoms with Gasteiger partial charge in [0.05, 0.1) is 0 Å². The molecule has 1 aromatic rings. The van der Waals surface area contributed by atoms with Crippen LogP contribution in [0.5, 0.6) is 0 Å². The molecule has 1 saturated carbocycles. The summed E-state index contributed by atoms with van der Waals surface area (Å²) in [6, 6.07) is 8.64. The third kappa shape index (κ3) is 2.27. The van der Waals surface area contributed by atoms with Crippen molar-refractivity contribution < 1.29 is 0 Å². The lowest BCUT2D eigenvalue weighted by molar-refractivity contribution is 0.179.